The van der Waals surface area contributed by atoms with Crippen molar-refractivity contribution in [3.8, 4) is 16.9 Å². The van der Waals surface area contributed by atoms with Gasteiger partial charge in [-0.05, 0) is 37.0 Å². The summed E-state index contributed by atoms with van der Waals surface area (Å²) in [5.41, 5.74) is 9.09. The Morgan fingerprint density at radius 3 is 2.75 bits per heavy atom. The smallest absolute Gasteiger partial charge is 0.175 e. The van der Waals surface area contributed by atoms with Crippen molar-refractivity contribution in [2.24, 2.45) is 0 Å². The molecule has 1 saturated carbocycles. The maximum Gasteiger partial charge on any atom is 0.175 e. The first-order chi connectivity index (χ1) is 9.70. The highest BCUT2D eigenvalue weighted by atomic mass is 16.5. The zero-order valence-electron chi connectivity index (χ0n) is 12.0. The van der Waals surface area contributed by atoms with Crippen LogP contribution < -0.4 is 10.5 Å². The molecule has 0 aliphatic heterocycles. The van der Waals surface area contributed by atoms with Gasteiger partial charge in [-0.1, -0.05) is 30.1 Å². The van der Waals surface area contributed by atoms with Crippen LogP contribution in [0.4, 0.5) is 5.82 Å². The number of nitrogens with two attached hydrogens (primary N) is 1. The number of ether oxygens (including phenoxy) is 1. The molecule has 4 nitrogen and oxygen atoms in total. The Hall–Kier alpha value is -1.97. The summed E-state index contributed by atoms with van der Waals surface area (Å²) in [5.74, 6) is 2.71. The number of anilines is 1. The van der Waals surface area contributed by atoms with Crippen LogP contribution in [-0.2, 0) is 0 Å². The zero-order chi connectivity index (χ0) is 14.1. The van der Waals surface area contributed by atoms with E-state index >= 15 is 0 Å². The van der Waals surface area contributed by atoms with E-state index in [4.69, 9.17) is 15.0 Å². The van der Waals surface area contributed by atoms with Crippen LogP contribution >= 0.6 is 0 Å². The summed E-state index contributed by atoms with van der Waals surface area (Å²) >= 11 is 0. The maximum atomic E-state index is 6.02. The van der Waals surface area contributed by atoms with Gasteiger partial charge in [-0.25, -0.2) is 0 Å². The minimum absolute atomic E-state index is 0.446. The molecule has 1 heterocycles. The molecule has 0 amide bonds. The molecular formula is C16H20N2O2. The summed E-state index contributed by atoms with van der Waals surface area (Å²) in [5, 5.41) is 3.98. The highest BCUT2D eigenvalue weighted by Gasteiger charge is 2.27. The van der Waals surface area contributed by atoms with Gasteiger partial charge in [0.15, 0.2) is 5.82 Å². The van der Waals surface area contributed by atoms with Crippen LogP contribution in [0.3, 0.4) is 0 Å². The van der Waals surface area contributed by atoms with Crippen molar-refractivity contribution in [2.75, 3.05) is 12.8 Å². The fourth-order valence-electron chi connectivity index (χ4n) is 3.05. The molecule has 4 heteroatoms. The lowest BCUT2D eigenvalue weighted by atomic mass is 9.95. The van der Waals surface area contributed by atoms with Gasteiger partial charge >= 0.3 is 0 Å². The van der Waals surface area contributed by atoms with Gasteiger partial charge in [-0.15, -0.1) is 0 Å². The highest BCUT2D eigenvalue weighted by molar-refractivity contribution is 5.77. The third-order valence-corrected chi connectivity index (χ3v) is 4.17. The largest absolute Gasteiger partial charge is 0.496 e. The maximum absolute atomic E-state index is 6.02. The fraction of sp³-hybridized carbons (Fsp3) is 0.438. The van der Waals surface area contributed by atoms with E-state index in [1.807, 2.05) is 19.1 Å². The second-order valence-electron chi connectivity index (χ2n) is 5.47. The van der Waals surface area contributed by atoms with Gasteiger partial charge in [0.2, 0.25) is 0 Å². The standard InChI is InChI=1S/C16H20N2O2/c1-10-7-8-12(9-13(10)19-2)14-15(20-18-16(14)17)11-5-3-4-6-11/h7-9,11H,3-6H2,1-2H3,(H2,17,18). The molecule has 0 radical (unpaired) electrons. The van der Waals surface area contributed by atoms with Crippen molar-refractivity contribution in [2.45, 2.75) is 38.5 Å². The van der Waals surface area contributed by atoms with Crippen molar-refractivity contribution in [1.29, 1.82) is 0 Å². The molecule has 106 valence electrons. The molecule has 0 saturated heterocycles. The third-order valence-electron chi connectivity index (χ3n) is 4.17. The van der Waals surface area contributed by atoms with Gasteiger partial charge in [-0.3, -0.25) is 0 Å². The molecule has 2 aromatic rings. The average molecular weight is 272 g/mol. The molecule has 0 unspecified atom stereocenters. The van der Waals surface area contributed by atoms with Gasteiger partial charge in [0.05, 0.1) is 12.7 Å². The van der Waals surface area contributed by atoms with Gasteiger partial charge < -0.3 is 15.0 Å². The molecule has 1 fully saturated rings. The Morgan fingerprint density at radius 1 is 1.30 bits per heavy atom. The number of rotatable bonds is 3. The van der Waals surface area contributed by atoms with E-state index in [2.05, 4.69) is 11.2 Å². The first-order valence-electron chi connectivity index (χ1n) is 7.10. The molecule has 20 heavy (non-hydrogen) atoms. The van der Waals surface area contributed by atoms with Crippen LogP contribution in [-0.4, -0.2) is 12.3 Å². The average Bonchev–Trinajstić information content (AvgIpc) is 3.08. The van der Waals surface area contributed by atoms with Crippen molar-refractivity contribution < 1.29 is 9.26 Å². The Bertz CT molecular complexity index is 613. The molecule has 1 aliphatic carbocycles. The van der Waals surface area contributed by atoms with E-state index in [9.17, 15) is 0 Å². The molecule has 1 aliphatic rings. The van der Waals surface area contributed by atoms with Crippen LogP contribution in [0.25, 0.3) is 11.1 Å². The lowest BCUT2D eigenvalue weighted by molar-refractivity contribution is 0.363. The fourth-order valence-corrected chi connectivity index (χ4v) is 3.05. The molecule has 3 rings (SSSR count). The quantitative estimate of drug-likeness (QED) is 0.920. The molecule has 0 spiro atoms. The predicted molar refractivity (Wildman–Crippen MR) is 78.8 cm³/mol. The Kier molecular flexibility index (Phi) is 3.38. The lowest BCUT2D eigenvalue weighted by Gasteiger charge is -2.10. The van der Waals surface area contributed by atoms with Gasteiger partial charge in [0.1, 0.15) is 11.5 Å². The summed E-state index contributed by atoms with van der Waals surface area (Å²) < 4.78 is 10.9. The van der Waals surface area contributed by atoms with E-state index < -0.39 is 0 Å². The van der Waals surface area contributed by atoms with Gasteiger partial charge in [0, 0.05) is 5.92 Å². The summed E-state index contributed by atoms with van der Waals surface area (Å²) in [7, 11) is 1.68. The van der Waals surface area contributed by atoms with Crippen LogP contribution in [0.5, 0.6) is 5.75 Å². The number of nitrogen functional groups attached to an aromatic ring is 1. The van der Waals surface area contributed by atoms with Crippen LogP contribution in [0.1, 0.15) is 42.9 Å². The molecule has 2 N–H and O–H groups in total. The van der Waals surface area contributed by atoms with E-state index in [1.165, 1.54) is 12.8 Å². The zero-order valence-corrected chi connectivity index (χ0v) is 12.0. The molecule has 1 aromatic carbocycles. The third kappa shape index (κ3) is 2.15. The van der Waals surface area contributed by atoms with Crippen molar-refractivity contribution in [3.63, 3.8) is 0 Å². The number of benzene rings is 1. The molecular weight excluding hydrogens is 252 g/mol. The minimum Gasteiger partial charge on any atom is -0.496 e. The Labute approximate surface area is 118 Å². The molecule has 0 bridgehead atoms. The van der Waals surface area contributed by atoms with Crippen LogP contribution in [0.2, 0.25) is 0 Å². The van der Waals surface area contributed by atoms with Gasteiger partial charge in [0.25, 0.3) is 0 Å². The predicted octanol–water partition coefficient (Wildman–Crippen LogP) is 3.90. The normalized spacial score (nSPS) is 15.7. The summed E-state index contributed by atoms with van der Waals surface area (Å²) in [6.07, 6.45) is 4.82. The second-order valence-corrected chi connectivity index (χ2v) is 5.47. The second kappa shape index (κ2) is 5.19. The summed E-state index contributed by atoms with van der Waals surface area (Å²) in [6, 6.07) is 6.11. The minimum atomic E-state index is 0.446. The van der Waals surface area contributed by atoms with E-state index in [0.29, 0.717) is 11.7 Å². The molecule has 0 atom stereocenters. The van der Waals surface area contributed by atoms with Crippen LogP contribution in [0.15, 0.2) is 22.7 Å². The molecule has 1 aromatic heterocycles. The van der Waals surface area contributed by atoms with Gasteiger partial charge in [-0.2, -0.15) is 0 Å². The SMILES string of the molecule is COc1cc(-c2c(N)noc2C2CCCC2)ccc1C. The first-order valence-corrected chi connectivity index (χ1v) is 7.10. The van der Waals surface area contributed by atoms with Crippen molar-refractivity contribution in [1.82, 2.24) is 5.16 Å². The topological polar surface area (TPSA) is 61.3 Å². The van der Waals surface area contributed by atoms with Crippen molar-refractivity contribution in [3.05, 3.63) is 29.5 Å². The van der Waals surface area contributed by atoms with E-state index in [0.717, 1.165) is 41.0 Å². The number of hydrogen-bond donors (Lipinski definition) is 1. The van der Waals surface area contributed by atoms with E-state index in [1.54, 1.807) is 7.11 Å². The highest BCUT2D eigenvalue weighted by Crippen LogP contribution is 2.42. The van der Waals surface area contributed by atoms with Crippen molar-refractivity contribution >= 4 is 5.82 Å². The number of methoxy groups -OCH3 is 1. The summed E-state index contributed by atoms with van der Waals surface area (Å²) in [4.78, 5) is 0. The summed E-state index contributed by atoms with van der Waals surface area (Å²) in [6.45, 7) is 2.03. The van der Waals surface area contributed by atoms with Crippen LogP contribution in [0, 0.1) is 6.92 Å². The monoisotopic (exact) mass is 272 g/mol. The first kappa shape index (κ1) is 13.0. The lowest BCUT2D eigenvalue weighted by Crippen LogP contribution is -1.96. The number of aromatic nitrogens is 1. The number of hydrogen-bond acceptors (Lipinski definition) is 4. The number of aryl methyl sites for hydroxylation is 1. The number of nitrogens with zero attached hydrogens (tertiary/aromatic N) is 1. The Balaban J connectivity index is 2.07. The van der Waals surface area contributed by atoms with E-state index in [-0.39, 0.29) is 0 Å². The Morgan fingerprint density at radius 2 is 2.05 bits per heavy atom.